The largest absolute Gasteiger partial charge is 0.494 e. The number of nitrogens with one attached hydrogen (secondary N) is 2. The number of aromatic carboxylic acids is 1. The number of halogens is 1. The molecule has 2 aromatic rings. The second-order valence-electron chi connectivity index (χ2n) is 4.39. The van der Waals surface area contributed by atoms with Gasteiger partial charge >= 0.3 is 12.0 Å². The van der Waals surface area contributed by atoms with E-state index >= 15 is 0 Å². The molecule has 0 fully saturated rings. The summed E-state index contributed by atoms with van der Waals surface area (Å²) in [6.07, 6.45) is 2.68. The first kappa shape index (κ1) is 18.4. The van der Waals surface area contributed by atoms with Gasteiger partial charge in [0.05, 0.1) is 12.1 Å². The summed E-state index contributed by atoms with van der Waals surface area (Å²) in [5.41, 5.74) is -0.431. The van der Waals surface area contributed by atoms with Gasteiger partial charge in [-0.05, 0) is 18.2 Å². The Hall–Kier alpha value is -2.92. The van der Waals surface area contributed by atoms with Crippen LogP contribution in [0.2, 0.25) is 5.02 Å². The third kappa shape index (κ3) is 4.14. The molecule has 0 bridgehead atoms. The van der Waals surface area contributed by atoms with Crippen LogP contribution in [0, 0.1) is 0 Å². The Morgan fingerprint density at radius 3 is 2.44 bits per heavy atom. The lowest BCUT2D eigenvalue weighted by Crippen LogP contribution is -2.35. The third-order valence-corrected chi connectivity index (χ3v) is 4.61. The zero-order valence-electron chi connectivity index (χ0n) is 12.6. The van der Waals surface area contributed by atoms with Crippen molar-refractivity contribution in [2.24, 2.45) is 0 Å². The molecule has 1 aromatic carbocycles. The quantitative estimate of drug-likeness (QED) is 0.697. The monoisotopic (exact) mass is 386 g/mol. The van der Waals surface area contributed by atoms with Crippen LogP contribution in [0.4, 0.5) is 10.7 Å². The van der Waals surface area contributed by atoms with Crippen molar-refractivity contribution in [2.45, 2.75) is 4.90 Å². The van der Waals surface area contributed by atoms with Crippen molar-refractivity contribution < 1.29 is 27.9 Å². The maximum absolute atomic E-state index is 12.4. The van der Waals surface area contributed by atoms with Gasteiger partial charge in [0.25, 0.3) is 10.0 Å². The number of nitrogens with zero attached hydrogens (tertiary/aromatic N) is 2. The second kappa shape index (κ2) is 7.32. The molecule has 12 heteroatoms. The number of methoxy groups -OCH3 is 1. The normalized spacial score (nSPS) is 10.8. The average Bonchev–Trinajstić information content (AvgIpc) is 2.54. The van der Waals surface area contributed by atoms with E-state index in [1.807, 2.05) is 0 Å². The molecular weight excluding hydrogens is 376 g/mol. The Morgan fingerprint density at radius 1 is 1.24 bits per heavy atom. The molecule has 10 nitrogen and oxygen atoms in total. The van der Waals surface area contributed by atoms with Crippen molar-refractivity contribution in [3.05, 3.63) is 41.2 Å². The average molecular weight is 387 g/mol. The van der Waals surface area contributed by atoms with E-state index in [1.54, 1.807) is 4.72 Å². The fraction of sp³-hybridized carbons (Fsp3) is 0.0769. The number of carbonyl (C=O) groups is 2. The minimum atomic E-state index is -4.55. The molecule has 1 heterocycles. The van der Waals surface area contributed by atoms with Crippen LogP contribution in [0.5, 0.6) is 5.75 Å². The Labute approximate surface area is 146 Å². The number of hydrogen-bond donors (Lipinski definition) is 3. The van der Waals surface area contributed by atoms with Crippen molar-refractivity contribution in [3.63, 3.8) is 0 Å². The number of sulfonamides is 1. The summed E-state index contributed by atoms with van der Waals surface area (Å²) in [6.45, 7) is 0. The molecule has 3 N–H and O–H groups in total. The number of ether oxygens (including phenoxy) is 1. The molecule has 0 saturated carbocycles. The molecule has 0 aliphatic rings. The first-order valence-electron chi connectivity index (χ1n) is 6.47. The number of carbonyl (C=O) groups excluding carboxylic acids is 1. The molecule has 2 rings (SSSR count). The molecule has 0 spiro atoms. The smallest absolute Gasteiger partial charge is 0.339 e. The number of carboxylic acids is 1. The molecule has 0 radical (unpaired) electrons. The molecule has 0 aliphatic heterocycles. The lowest BCUT2D eigenvalue weighted by atomic mass is 10.2. The van der Waals surface area contributed by atoms with Crippen molar-refractivity contribution >= 4 is 39.6 Å². The van der Waals surface area contributed by atoms with E-state index in [0.29, 0.717) is 0 Å². The van der Waals surface area contributed by atoms with Crippen LogP contribution in [-0.2, 0) is 10.0 Å². The van der Waals surface area contributed by atoms with Gasteiger partial charge in [-0.2, -0.15) is 0 Å². The van der Waals surface area contributed by atoms with Crippen LogP contribution < -0.4 is 14.8 Å². The minimum absolute atomic E-state index is 0.132. The van der Waals surface area contributed by atoms with E-state index in [4.69, 9.17) is 21.4 Å². The highest BCUT2D eigenvalue weighted by Gasteiger charge is 2.29. The van der Waals surface area contributed by atoms with Gasteiger partial charge in [0, 0.05) is 12.4 Å². The van der Waals surface area contributed by atoms with Gasteiger partial charge in [0.1, 0.15) is 10.5 Å². The number of benzene rings is 1. The van der Waals surface area contributed by atoms with E-state index < -0.39 is 38.2 Å². The fourth-order valence-corrected chi connectivity index (χ4v) is 3.44. The van der Waals surface area contributed by atoms with Crippen LogP contribution in [0.1, 0.15) is 10.4 Å². The first-order valence-corrected chi connectivity index (χ1v) is 8.33. The number of carboxylic acid groups (broad SMARTS) is 1. The highest BCUT2D eigenvalue weighted by atomic mass is 35.5. The lowest BCUT2D eigenvalue weighted by Gasteiger charge is -2.14. The Morgan fingerprint density at radius 2 is 1.88 bits per heavy atom. The zero-order chi connectivity index (χ0) is 18.6. The van der Waals surface area contributed by atoms with Crippen molar-refractivity contribution in [3.8, 4) is 5.75 Å². The maximum atomic E-state index is 12.4. The number of urea groups is 1. The highest BCUT2D eigenvalue weighted by molar-refractivity contribution is 7.90. The highest BCUT2D eigenvalue weighted by Crippen LogP contribution is 2.34. The predicted molar refractivity (Wildman–Crippen MR) is 86.3 cm³/mol. The molecule has 0 atom stereocenters. The molecular formula is C13H11ClN4O6S. The van der Waals surface area contributed by atoms with Crippen molar-refractivity contribution in [1.82, 2.24) is 14.7 Å². The van der Waals surface area contributed by atoms with Crippen LogP contribution in [0.3, 0.4) is 0 Å². The fourth-order valence-electron chi connectivity index (χ4n) is 1.82. The predicted octanol–water partition coefficient (Wildman–Crippen LogP) is 1.35. The van der Waals surface area contributed by atoms with Crippen LogP contribution in [0.25, 0.3) is 0 Å². The van der Waals surface area contributed by atoms with Gasteiger partial charge in [-0.25, -0.2) is 32.7 Å². The number of rotatable bonds is 5. The number of amides is 2. The SMILES string of the molecule is COc1c(C(=O)O)ccc(Cl)c1S(=O)(=O)NC(=O)Nc1ncccn1. The summed E-state index contributed by atoms with van der Waals surface area (Å²) < 4.78 is 31.4. The van der Waals surface area contributed by atoms with Gasteiger partial charge in [-0.1, -0.05) is 11.6 Å². The topological polar surface area (TPSA) is 148 Å². The van der Waals surface area contributed by atoms with E-state index in [2.05, 4.69) is 15.3 Å². The summed E-state index contributed by atoms with van der Waals surface area (Å²) in [5, 5.41) is 10.9. The van der Waals surface area contributed by atoms with Crippen LogP contribution in [-0.4, -0.2) is 42.6 Å². The first-order chi connectivity index (χ1) is 11.8. The summed E-state index contributed by atoms with van der Waals surface area (Å²) in [7, 11) is -3.47. The van der Waals surface area contributed by atoms with Gasteiger partial charge in [0.15, 0.2) is 5.75 Å². The molecule has 0 unspecified atom stereocenters. The summed E-state index contributed by atoms with van der Waals surface area (Å²) >= 11 is 5.86. The van der Waals surface area contributed by atoms with E-state index in [1.165, 1.54) is 18.5 Å². The van der Waals surface area contributed by atoms with Gasteiger partial charge in [-0.3, -0.25) is 5.32 Å². The summed E-state index contributed by atoms with van der Waals surface area (Å²) in [4.78, 5) is 29.8. The van der Waals surface area contributed by atoms with E-state index in [0.717, 1.165) is 19.2 Å². The van der Waals surface area contributed by atoms with Gasteiger partial charge < -0.3 is 9.84 Å². The summed E-state index contributed by atoms with van der Waals surface area (Å²) in [5.74, 6) is -2.06. The van der Waals surface area contributed by atoms with Crippen LogP contribution >= 0.6 is 11.6 Å². The van der Waals surface area contributed by atoms with Crippen molar-refractivity contribution in [1.29, 1.82) is 0 Å². The van der Waals surface area contributed by atoms with E-state index in [-0.39, 0.29) is 11.0 Å². The Bertz CT molecular complexity index is 920. The maximum Gasteiger partial charge on any atom is 0.339 e. The minimum Gasteiger partial charge on any atom is -0.494 e. The molecule has 132 valence electrons. The molecule has 2 amide bonds. The van der Waals surface area contributed by atoms with E-state index in [9.17, 15) is 18.0 Å². The number of aromatic nitrogens is 2. The second-order valence-corrected chi connectivity index (χ2v) is 6.42. The standard InChI is InChI=1S/C13H11ClN4O6S/c1-24-9-7(11(19)20)3-4-8(14)10(9)25(22,23)18-13(21)17-12-15-5-2-6-16-12/h2-6H,1H3,(H,19,20)(H2,15,16,17,18,21). The summed E-state index contributed by atoms with van der Waals surface area (Å²) in [6, 6.07) is 2.49. The molecule has 0 saturated heterocycles. The van der Waals surface area contributed by atoms with Gasteiger partial charge in [0.2, 0.25) is 5.95 Å². The zero-order valence-corrected chi connectivity index (χ0v) is 14.1. The Kier molecular flexibility index (Phi) is 5.39. The molecule has 1 aromatic heterocycles. The molecule has 0 aliphatic carbocycles. The van der Waals surface area contributed by atoms with Gasteiger partial charge in [-0.15, -0.1) is 0 Å². The van der Waals surface area contributed by atoms with Crippen molar-refractivity contribution in [2.75, 3.05) is 12.4 Å². The Balaban J connectivity index is 2.38. The molecule has 25 heavy (non-hydrogen) atoms. The third-order valence-electron chi connectivity index (χ3n) is 2.79. The number of anilines is 1. The van der Waals surface area contributed by atoms with Crippen LogP contribution in [0.15, 0.2) is 35.5 Å². The number of hydrogen-bond acceptors (Lipinski definition) is 7. The lowest BCUT2D eigenvalue weighted by molar-refractivity contribution is 0.0693.